The number of rotatable bonds is 8. The van der Waals surface area contributed by atoms with Gasteiger partial charge in [0.15, 0.2) is 0 Å². The van der Waals surface area contributed by atoms with Crippen LogP contribution in [-0.4, -0.2) is 55.3 Å². The predicted octanol–water partition coefficient (Wildman–Crippen LogP) is 0.851. The lowest BCUT2D eigenvalue weighted by Gasteiger charge is -2.16. The fourth-order valence-electron chi connectivity index (χ4n) is 1.89. The van der Waals surface area contributed by atoms with Crippen LogP contribution < -0.4 is 16.0 Å². The smallest absolute Gasteiger partial charge is 0.239 e. The predicted molar refractivity (Wildman–Crippen MR) is 93.9 cm³/mol. The van der Waals surface area contributed by atoms with E-state index in [1.807, 2.05) is 13.8 Å². The maximum Gasteiger partial charge on any atom is 0.239 e. The largest absolute Gasteiger partial charge is 0.352 e. The molecule has 0 aliphatic carbocycles. The Hall–Kier alpha value is -2.12. The number of nitrogens with zero attached hydrogens (tertiary/aromatic N) is 1. The molecule has 1 rings (SSSR count). The molecule has 0 fully saturated rings. The Morgan fingerprint density at radius 3 is 2.21 bits per heavy atom. The summed E-state index contributed by atoms with van der Waals surface area (Å²) in [7, 11) is 1.65. The summed E-state index contributed by atoms with van der Waals surface area (Å²) in [6, 6.07) is 6.77. The van der Waals surface area contributed by atoms with E-state index in [9.17, 15) is 14.4 Å². The third-order valence-electron chi connectivity index (χ3n) is 2.85. The van der Waals surface area contributed by atoms with Crippen LogP contribution in [0.25, 0.3) is 0 Å². The van der Waals surface area contributed by atoms with Gasteiger partial charge in [-0.3, -0.25) is 19.3 Å². The van der Waals surface area contributed by atoms with Crippen LogP contribution in [0.2, 0.25) is 5.02 Å². The van der Waals surface area contributed by atoms with Crippen LogP contribution in [-0.2, 0) is 14.4 Å². The number of carbonyl (C=O) groups is 3. The van der Waals surface area contributed by atoms with Crippen molar-refractivity contribution in [3.8, 4) is 0 Å². The highest BCUT2D eigenvalue weighted by molar-refractivity contribution is 6.30. The van der Waals surface area contributed by atoms with Gasteiger partial charge in [-0.1, -0.05) is 11.6 Å². The van der Waals surface area contributed by atoms with E-state index in [0.717, 1.165) is 0 Å². The highest BCUT2D eigenvalue weighted by Crippen LogP contribution is 2.13. The molecule has 0 bridgehead atoms. The van der Waals surface area contributed by atoms with Gasteiger partial charge >= 0.3 is 0 Å². The summed E-state index contributed by atoms with van der Waals surface area (Å²) in [5, 5.41) is 8.48. The molecule has 0 spiro atoms. The van der Waals surface area contributed by atoms with E-state index in [4.69, 9.17) is 11.6 Å². The standard InChI is InChI=1S/C16H23ClN4O3/c1-11(2)19-14(22)8-18-15(23)9-21(3)10-16(24)20-13-6-4-12(17)5-7-13/h4-7,11H,8-10H2,1-3H3,(H,18,23)(H,19,22)(H,20,24). The lowest BCUT2D eigenvalue weighted by atomic mass is 10.3. The van der Waals surface area contributed by atoms with Gasteiger partial charge in [-0.25, -0.2) is 0 Å². The van der Waals surface area contributed by atoms with Gasteiger partial charge in [0.1, 0.15) is 0 Å². The van der Waals surface area contributed by atoms with Crippen LogP contribution in [0, 0.1) is 0 Å². The molecule has 1 aromatic carbocycles. The Morgan fingerprint density at radius 1 is 1.04 bits per heavy atom. The average Bonchev–Trinajstić information content (AvgIpc) is 2.46. The van der Waals surface area contributed by atoms with Crippen molar-refractivity contribution in [3.05, 3.63) is 29.3 Å². The molecule has 132 valence electrons. The topological polar surface area (TPSA) is 90.5 Å². The van der Waals surface area contributed by atoms with Crippen LogP contribution >= 0.6 is 11.6 Å². The van der Waals surface area contributed by atoms with Gasteiger partial charge in [0.2, 0.25) is 17.7 Å². The molecule has 0 saturated heterocycles. The number of hydrogen-bond donors (Lipinski definition) is 3. The van der Waals surface area contributed by atoms with Crippen LogP contribution in [0.5, 0.6) is 0 Å². The number of benzene rings is 1. The molecule has 7 nitrogen and oxygen atoms in total. The normalized spacial score (nSPS) is 10.6. The summed E-state index contributed by atoms with van der Waals surface area (Å²) in [6.45, 7) is 3.67. The van der Waals surface area contributed by atoms with Crippen molar-refractivity contribution in [1.29, 1.82) is 0 Å². The van der Waals surface area contributed by atoms with Crippen molar-refractivity contribution in [2.24, 2.45) is 0 Å². The summed E-state index contributed by atoms with van der Waals surface area (Å²) in [6.07, 6.45) is 0. The molecule has 8 heteroatoms. The Balaban J connectivity index is 2.30. The van der Waals surface area contributed by atoms with Gasteiger partial charge in [-0.05, 0) is 45.2 Å². The minimum absolute atomic E-state index is 0.0169. The Kier molecular flexibility index (Phi) is 8.21. The zero-order valence-electron chi connectivity index (χ0n) is 14.1. The summed E-state index contributed by atoms with van der Waals surface area (Å²) in [5.41, 5.74) is 0.632. The van der Waals surface area contributed by atoms with E-state index >= 15 is 0 Å². The summed E-state index contributed by atoms with van der Waals surface area (Å²) in [4.78, 5) is 36.6. The number of likely N-dealkylation sites (N-methyl/N-ethyl adjacent to an activating group) is 1. The second kappa shape index (κ2) is 9.89. The van der Waals surface area contributed by atoms with Crippen molar-refractivity contribution >= 4 is 35.0 Å². The lowest BCUT2D eigenvalue weighted by Crippen LogP contribution is -2.44. The molecule has 0 saturated carbocycles. The van der Waals surface area contributed by atoms with Gasteiger partial charge in [0.05, 0.1) is 19.6 Å². The number of anilines is 1. The maximum atomic E-state index is 11.9. The number of hydrogen-bond acceptors (Lipinski definition) is 4. The zero-order chi connectivity index (χ0) is 18.1. The number of amides is 3. The van der Waals surface area contributed by atoms with Gasteiger partial charge in [0.25, 0.3) is 0 Å². The molecular weight excluding hydrogens is 332 g/mol. The van der Waals surface area contributed by atoms with Crippen LogP contribution in [0.1, 0.15) is 13.8 Å². The summed E-state index contributed by atoms with van der Waals surface area (Å²) >= 11 is 5.78. The molecule has 24 heavy (non-hydrogen) atoms. The van der Waals surface area contributed by atoms with Crippen molar-refractivity contribution in [1.82, 2.24) is 15.5 Å². The van der Waals surface area contributed by atoms with Gasteiger partial charge < -0.3 is 16.0 Å². The van der Waals surface area contributed by atoms with E-state index in [2.05, 4.69) is 16.0 Å². The summed E-state index contributed by atoms with van der Waals surface area (Å²) in [5.74, 6) is -0.817. The van der Waals surface area contributed by atoms with Gasteiger partial charge in [-0.15, -0.1) is 0 Å². The molecule has 3 amide bonds. The highest BCUT2D eigenvalue weighted by Gasteiger charge is 2.12. The maximum absolute atomic E-state index is 11.9. The average molecular weight is 355 g/mol. The molecule has 0 aliphatic heterocycles. The van der Waals surface area contributed by atoms with E-state index in [1.165, 1.54) is 0 Å². The van der Waals surface area contributed by atoms with Gasteiger partial charge in [0, 0.05) is 16.8 Å². The van der Waals surface area contributed by atoms with Crippen LogP contribution in [0.15, 0.2) is 24.3 Å². The molecule has 0 radical (unpaired) electrons. The van der Waals surface area contributed by atoms with Crippen molar-refractivity contribution in [2.75, 3.05) is 32.0 Å². The molecule has 0 atom stereocenters. The van der Waals surface area contributed by atoms with Crippen molar-refractivity contribution in [2.45, 2.75) is 19.9 Å². The van der Waals surface area contributed by atoms with Crippen LogP contribution in [0.3, 0.4) is 0 Å². The van der Waals surface area contributed by atoms with E-state index in [0.29, 0.717) is 10.7 Å². The summed E-state index contributed by atoms with van der Waals surface area (Å²) < 4.78 is 0. The van der Waals surface area contributed by atoms with Crippen molar-refractivity contribution < 1.29 is 14.4 Å². The first-order valence-electron chi connectivity index (χ1n) is 7.56. The number of carbonyl (C=O) groups excluding carboxylic acids is 3. The number of halogens is 1. The molecular formula is C16H23ClN4O3. The first-order chi connectivity index (χ1) is 11.3. The quantitative estimate of drug-likeness (QED) is 0.645. The third-order valence-corrected chi connectivity index (χ3v) is 3.10. The minimum atomic E-state index is -0.323. The molecule has 0 heterocycles. The Bertz CT molecular complexity index is 575. The van der Waals surface area contributed by atoms with Crippen LogP contribution in [0.4, 0.5) is 5.69 Å². The SMILES string of the molecule is CC(C)NC(=O)CNC(=O)CN(C)CC(=O)Nc1ccc(Cl)cc1. The second-order valence-electron chi connectivity index (χ2n) is 5.73. The zero-order valence-corrected chi connectivity index (χ0v) is 14.8. The molecule has 3 N–H and O–H groups in total. The number of nitrogens with one attached hydrogen (secondary N) is 3. The first kappa shape index (κ1) is 19.9. The van der Waals surface area contributed by atoms with Gasteiger partial charge in [-0.2, -0.15) is 0 Å². The highest BCUT2D eigenvalue weighted by atomic mass is 35.5. The Morgan fingerprint density at radius 2 is 1.62 bits per heavy atom. The van der Waals surface area contributed by atoms with E-state index in [1.54, 1.807) is 36.2 Å². The van der Waals surface area contributed by atoms with Crippen molar-refractivity contribution in [3.63, 3.8) is 0 Å². The molecule has 0 unspecified atom stereocenters. The fraction of sp³-hybridized carbons (Fsp3) is 0.438. The van der Waals surface area contributed by atoms with E-state index < -0.39 is 0 Å². The molecule has 0 aromatic heterocycles. The lowest BCUT2D eigenvalue weighted by molar-refractivity contribution is -0.127. The minimum Gasteiger partial charge on any atom is -0.352 e. The first-order valence-corrected chi connectivity index (χ1v) is 7.94. The monoisotopic (exact) mass is 354 g/mol. The molecule has 0 aliphatic rings. The third kappa shape index (κ3) is 8.50. The Labute approximate surface area is 146 Å². The second-order valence-corrected chi connectivity index (χ2v) is 6.16. The fourth-order valence-corrected chi connectivity index (χ4v) is 2.01. The van der Waals surface area contributed by atoms with E-state index in [-0.39, 0.29) is 43.4 Å². The molecule has 1 aromatic rings.